The molecule has 1 atom stereocenters. The fourth-order valence-electron chi connectivity index (χ4n) is 2.80. The van der Waals surface area contributed by atoms with Crippen LogP contribution in [-0.4, -0.2) is 36.8 Å². The Bertz CT molecular complexity index is 803. The lowest BCUT2D eigenvalue weighted by atomic mass is 10.1. The Kier molecular flexibility index (Phi) is 8.82. The number of hydrogen-bond acceptors (Lipinski definition) is 6. The van der Waals surface area contributed by atoms with Gasteiger partial charge in [0, 0.05) is 18.7 Å². The van der Waals surface area contributed by atoms with Gasteiger partial charge in [-0.15, -0.1) is 0 Å². The van der Waals surface area contributed by atoms with Crippen LogP contribution in [0.5, 0.6) is 17.4 Å². The zero-order chi connectivity index (χ0) is 20.7. The van der Waals surface area contributed by atoms with Gasteiger partial charge in [0.05, 0.1) is 18.2 Å². The summed E-state index contributed by atoms with van der Waals surface area (Å²) in [6, 6.07) is 3.76. The van der Waals surface area contributed by atoms with Crippen LogP contribution in [0.4, 0.5) is 5.82 Å². The molecule has 0 aliphatic rings. The Morgan fingerprint density at radius 1 is 1.11 bits per heavy atom. The molecule has 28 heavy (non-hydrogen) atoms. The van der Waals surface area contributed by atoms with Gasteiger partial charge in [-0.05, 0) is 57.7 Å². The van der Waals surface area contributed by atoms with Crippen molar-refractivity contribution >= 4 is 37.7 Å². The second-order valence-corrected chi connectivity index (χ2v) is 7.72. The molecule has 2 aromatic rings. The van der Waals surface area contributed by atoms with Crippen molar-refractivity contribution < 1.29 is 14.2 Å². The standard InChI is InChI=1S/C20H27Br2N3O3/c1-6-9-12(7-2)28-20-19(23-4)24-17(18(22)25-20)13-10-14(21)16(27-8-3)11-15(13)26-5/h10-12H,6-9H2,1-5H3,(H,23,24). The lowest BCUT2D eigenvalue weighted by Crippen LogP contribution is -2.17. The highest BCUT2D eigenvalue weighted by atomic mass is 79.9. The molecule has 1 heterocycles. The number of aromatic nitrogens is 2. The molecule has 0 radical (unpaired) electrons. The molecular formula is C20H27Br2N3O3. The van der Waals surface area contributed by atoms with Crippen molar-refractivity contribution in [3.8, 4) is 28.6 Å². The minimum absolute atomic E-state index is 0.110. The zero-order valence-electron chi connectivity index (χ0n) is 16.9. The molecule has 0 amide bonds. The Balaban J connectivity index is 2.51. The first-order valence-corrected chi connectivity index (χ1v) is 11.0. The molecule has 0 spiro atoms. The van der Waals surface area contributed by atoms with Crippen molar-refractivity contribution in [1.82, 2.24) is 9.97 Å². The van der Waals surface area contributed by atoms with Gasteiger partial charge in [0.25, 0.3) is 5.88 Å². The van der Waals surface area contributed by atoms with Crippen LogP contribution < -0.4 is 19.5 Å². The summed E-state index contributed by atoms with van der Waals surface area (Å²) in [4.78, 5) is 9.37. The van der Waals surface area contributed by atoms with Crippen molar-refractivity contribution in [1.29, 1.82) is 0 Å². The number of nitrogens with zero attached hydrogens (tertiary/aromatic N) is 2. The van der Waals surface area contributed by atoms with Crippen molar-refractivity contribution in [2.45, 2.75) is 46.1 Å². The maximum atomic E-state index is 6.10. The van der Waals surface area contributed by atoms with E-state index in [0.29, 0.717) is 40.1 Å². The van der Waals surface area contributed by atoms with E-state index in [4.69, 9.17) is 19.2 Å². The van der Waals surface area contributed by atoms with E-state index in [-0.39, 0.29) is 6.10 Å². The first kappa shape index (κ1) is 22.7. The van der Waals surface area contributed by atoms with Gasteiger partial charge in [0.2, 0.25) is 0 Å². The van der Waals surface area contributed by atoms with Gasteiger partial charge in [-0.3, -0.25) is 0 Å². The van der Waals surface area contributed by atoms with Gasteiger partial charge < -0.3 is 19.5 Å². The molecule has 1 N–H and O–H groups in total. The Labute approximate surface area is 183 Å². The van der Waals surface area contributed by atoms with Crippen LogP contribution in [0.1, 0.15) is 40.0 Å². The third-order valence-electron chi connectivity index (χ3n) is 4.21. The second kappa shape index (κ2) is 10.9. The van der Waals surface area contributed by atoms with E-state index in [1.165, 1.54) is 0 Å². The van der Waals surface area contributed by atoms with Crippen LogP contribution in [0.3, 0.4) is 0 Å². The third-order valence-corrected chi connectivity index (χ3v) is 5.38. The molecule has 0 aliphatic carbocycles. The number of benzene rings is 1. The summed E-state index contributed by atoms with van der Waals surface area (Å²) in [6.07, 6.45) is 3.05. The number of anilines is 1. The third kappa shape index (κ3) is 5.29. The van der Waals surface area contributed by atoms with Gasteiger partial charge in [0.15, 0.2) is 5.82 Å². The summed E-state index contributed by atoms with van der Waals surface area (Å²) >= 11 is 7.11. The molecule has 1 aromatic carbocycles. The zero-order valence-corrected chi connectivity index (χ0v) is 20.1. The van der Waals surface area contributed by atoms with Crippen LogP contribution in [0.2, 0.25) is 0 Å². The average molecular weight is 517 g/mol. The van der Waals surface area contributed by atoms with Gasteiger partial charge in [0.1, 0.15) is 27.9 Å². The molecular weight excluding hydrogens is 490 g/mol. The molecule has 8 heteroatoms. The number of rotatable bonds is 10. The van der Waals surface area contributed by atoms with E-state index in [9.17, 15) is 0 Å². The monoisotopic (exact) mass is 515 g/mol. The van der Waals surface area contributed by atoms with E-state index < -0.39 is 0 Å². The predicted molar refractivity (Wildman–Crippen MR) is 120 cm³/mol. The molecule has 0 fully saturated rings. The van der Waals surface area contributed by atoms with E-state index in [1.807, 2.05) is 19.1 Å². The minimum Gasteiger partial charge on any atom is -0.496 e. The van der Waals surface area contributed by atoms with Crippen molar-refractivity contribution in [2.75, 3.05) is 26.1 Å². The fourth-order valence-corrected chi connectivity index (χ4v) is 3.72. The maximum absolute atomic E-state index is 6.10. The van der Waals surface area contributed by atoms with Crippen LogP contribution in [0.25, 0.3) is 11.3 Å². The maximum Gasteiger partial charge on any atom is 0.258 e. The minimum atomic E-state index is 0.110. The van der Waals surface area contributed by atoms with E-state index in [0.717, 1.165) is 29.3 Å². The highest BCUT2D eigenvalue weighted by molar-refractivity contribution is 9.10. The highest BCUT2D eigenvalue weighted by Gasteiger charge is 2.21. The van der Waals surface area contributed by atoms with Crippen LogP contribution in [0.15, 0.2) is 21.2 Å². The Hall–Kier alpha value is -1.54. The lowest BCUT2D eigenvalue weighted by molar-refractivity contribution is 0.178. The van der Waals surface area contributed by atoms with Crippen molar-refractivity contribution in [2.24, 2.45) is 0 Å². The molecule has 154 valence electrons. The Morgan fingerprint density at radius 2 is 1.86 bits per heavy atom. The summed E-state index contributed by atoms with van der Waals surface area (Å²) in [5.74, 6) is 2.43. The molecule has 0 aliphatic heterocycles. The number of methoxy groups -OCH3 is 1. The van der Waals surface area contributed by atoms with Gasteiger partial charge in [-0.1, -0.05) is 20.3 Å². The normalized spacial score (nSPS) is 11.8. The summed E-state index contributed by atoms with van der Waals surface area (Å²) < 4.78 is 18.7. The smallest absolute Gasteiger partial charge is 0.258 e. The van der Waals surface area contributed by atoms with Gasteiger partial charge in [-0.25, -0.2) is 9.97 Å². The number of ether oxygens (including phenoxy) is 3. The number of halogens is 2. The average Bonchev–Trinajstić information content (AvgIpc) is 2.69. The SMILES string of the molecule is CCCC(CC)Oc1nc(Br)c(-c2cc(Br)c(OCC)cc2OC)nc1NC. The first-order chi connectivity index (χ1) is 13.5. The first-order valence-electron chi connectivity index (χ1n) is 9.41. The quantitative estimate of drug-likeness (QED) is 0.413. The van der Waals surface area contributed by atoms with E-state index >= 15 is 0 Å². The van der Waals surface area contributed by atoms with Gasteiger partial charge in [-0.2, -0.15) is 0 Å². The molecule has 1 unspecified atom stereocenters. The van der Waals surface area contributed by atoms with E-state index in [1.54, 1.807) is 14.2 Å². The topological polar surface area (TPSA) is 65.5 Å². The summed E-state index contributed by atoms with van der Waals surface area (Å²) in [5.41, 5.74) is 1.45. The second-order valence-electron chi connectivity index (χ2n) is 6.12. The van der Waals surface area contributed by atoms with Crippen LogP contribution in [-0.2, 0) is 0 Å². The summed E-state index contributed by atoms with van der Waals surface area (Å²) in [6.45, 7) is 6.76. The molecule has 1 aromatic heterocycles. The Morgan fingerprint density at radius 3 is 2.43 bits per heavy atom. The molecule has 2 rings (SSSR count). The summed E-state index contributed by atoms with van der Waals surface area (Å²) in [5, 5.41) is 3.09. The lowest BCUT2D eigenvalue weighted by Gasteiger charge is -2.19. The largest absolute Gasteiger partial charge is 0.496 e. The highest BCUT2D eigenvalue weighted by Crippen LogP contribution is 2.41. The van der Waals surface area contributed by atoms with Crippen molar-refractivity contribution in [3.63, 3.8) is 0 Å². The summed E-state index contributed by atoms with van der Waals surface area (Å²) in [7, 11) is 3.43. The van der Waals surface area contributed by atoms with Crippen LogP contribution >= 0.6 is 31.9 Å². The molecule has 0 bridgehead atoms. The number of nitrogens with one attached hydrogen (secondary N) is 1. The van der Waals surface area contributed by atoms with Crippen LogP contribution in [0, 0.1) is 0 Å². The fraction of sp³-hybridized carbons (Fsp3) is 0.500. The molecule has 0 saturated heterocycles. The van der Waals surface area contributed by atoms with Crippen molar-refractivity contribution in [3.05, 3.63) is 21.2 Å². The predicted octanol–water partition coefficient (Wildman–Crippen LogP) is 6.08. The van der Waals surface area contributed by atoms with Gasteiger partial charge >= 0.3 is 0 Å². The number of hydrogen-bond donors (Lipinski definition) is 1. The molecule has 0 saturated carbocycles. The molecule has 6 nitrogen and oxygen atoms in total. The van der Waals surface area contributed by atoms with E-state index in [2.05, 4.69) is 56.0 Å².